The van der Waals surface area contributed by atoms with Gasteiger partial charge in [0, 0.05) is 23.8 Å². The number of fused-ring (bicyclic) bond motifs is 1. The molecule has 1 aliphatic heterocycles. The number of para-hydroxylation sites is 1. The molecule has 1 aliphatic carbocycles. The number of hydrogen-bond acceptors (Lipinski definition) is 6. The highest BCUT2D eigenvalue weighted by atomic mass is 16.6. The van der Waals surface area contributed by atoms with Crippen LogP contribution in [0.1, 0.15) is 42.1 Å². The van der Waals surface area contributed by atoms with E-state index in [-0.39, 0.29) is 29.2 Å². The predicted molar refractivity (Wildman–Crippen MR) is 112 cm³/mol. The average molecular weight is 409 g/mol. The van der Waals surface area contributed by atoms with Crippen LogP contribution in [0.15, 0.2) is 42.5 Å². The van der Waals surface area contributed by atoms with Gasteiger partial charge in [0.2, 0.25) is 0 Å². The largest absolute Gasteiger partial charge is 0.452 e. The number of esters is 1. The first-order valence-electron chi connectivity index (χ1n) is 10.1. The molecule has 30 heavy (non-hydrogen) atoms. The summed E-state index contributed by atoms with van der Waals surface area (Å²) in [5, 5.41) is 14.5. The Bertz CT molecular complexity index is 1000. The van der Waals surface area contributed by atoms with E-state index in [0.717, 1.165) is 36.9 Å². The molecule has 156 valence electrons. The van der Waals surface area contributed by atoms with Crippen LogP contribution in [-0.4, -0.2) is 35.5 Å². The van der Waals surface area contributed by atoms with Crippen molar-refractivity contribution in [3.63, 3.8) is 0 Å². The molecule has 1 heterocycles. The summed E-state index contributed by atoms with van der Waals surface area (Å²) in [7, 11) is 0. The van der Waals surface area contributed by atoms with E-state index in [0.29, 0.717) is 5.69 Å². The monoisotopic (exact) mass is 409 g/mol. The van der Waals surface area contributed by atoms with E-state index in [1.807, 2.05) is 31.2 Å². The number of hydrogen-bond donors (Lipinski definition) is 1. The summed E-state index contributed by atoms with van der Waals surface area (Å²) in [6, 6.07) is 12.1. The second kappa shape index (κ2) is 8.14. The number of ether oxygens (including phenoxy) is 1. The molecule has 2 aliphatic rings. The van der Waals surface area contributed by atoms with Crippen molar-refractivity contribution in [3.8, 4) is 0 Å². The average Bonchev–Trinajstić information content (AvgIpc) is 3.56. The highest BCUT2D eigenvalue weighted by Gasteiger charge is 2.29. The fourth-order valence-electron chi connectivity index (χ4n) is 3.73. The molecule has 0 bridgehead atoms. The molecule has 0 spiro atoms. The van der Waals surface area contributed by atoms with Crippen LogP contribution in [0.25, 0.3) is 0 Å². The summed E-state index contributed by atoms with van der Waals surface area (Å²) in [6.45, 7) is 1.54. The van der Waals surface area contributed by atoms with Crippen LogP contribution in [0.3, 0.4) is 0 Å². The SMILES string of the molecule is CC1CCc2ccccc2N1C(=O)COC(=O)c1ccc(NC2CC2)c([N+](=O)[O-])c1. The van der Waals surface area contributed by atoms with E-state index in [9.17, 15) is 19.7 Å². The van der Waals surface area contributed by atoms with Crippen LogP contribution >= 0.6 is 0 Å². The first-order valence-corrected chi connectivity index (χ1v) is 10.1. The van der Waals surface area contributed by atoms with Crippen LogP contribution in [0.2, 0.25) is 0 Å². The van der Waals surface area contributed by atoms with Crippen molar-refractivity contribution in [1.29, 1.82) is 0 Å². The van der Waals surface area contributed by atoms with Crippen LogP contribution in [-0.2, 0) is 16.0 Å². The Morgan fingerprint density at radius 2 is 1.97 bits per heavy atom. The van der Waals surface area contributed by atoms with E-state index in [2.05, 4.69) is 5.32 Å². The van der Waals surface area contributed by atoms with Crippen LogP contribution in [0.5, 0.6) is 0 Å². The molecule has 8 heteroatoms. The maximum absolute atomic E-state index is 12.8. The number of rotatable bonds is 6. The second-order valence-electron chi connectivity index (χ2n) is 7.76. The molecule has 1 atom stereocenters. The summed E-state index contributed by atoms with van der Waals surface area (Å²) in [4.78, 5) is 37.8. The lowest BCUT2D eigenvalue weighted by Gasteiger charge is -2.35. The Labute approximate surface area is 174 Å². The van der Waals surface area contributed by atoms with E-state index in [4.69, 9.17) is 4.74 Å². The van der Waals surface area contributed by atoms with Gasteiger partial charge >= 0.3 is 5.97 Å². The standard InChI is InChI=1S/C22H23N3O5/c1-14-6-7-15-4-2-3-5-19(15)24(14)21(26)13-30-22(27)16-8-11-18(23-17-9-10-17)20(12-16)25(28)29/h2-5,8,11-12,14,17,23H,6-7,9-10,13H2,1H3. The van der Waals surface area contributed by atoms with Crippen molar-refractivity contribution in [1.82, 2.24) is 0 Å². The Balaban J connectivity index is 1.45. The maximum atomic E-state index is 12.8. The number of anilines is 2. The Morgan fingerprint density at radius 3 is 2.70 bits per heavy atom. The minimum absolute atomic E-state index is 0.0000265. The number of benzene rings is 2. The van der Waals surface area contributed by atoms with Crippen molar-refractivity contribution in [3.05, 3.63) is 63.7 Å². The smallest absolute Gasteiger partial charge is 0.338 e. The number of nitro groups is 1. The molecule has 0 saturated heterocycles. The van der Waals surface area contributed by atoms with Gasteiger partial charge in [0.25, 0.3) is 11.6 Å². The highest BCUT2D eigenvalue weighted by Crippen LogP contribution is 2.32. The molecule has 1 N–H and O–H groups in total. The topological polar surface area (TPSA) is 102 Å². The molecule has 2 aromatic carbocycles. The zero-order valence-corrected chi connectivity index (χ0v) is 16.7. The lowest BCUT2D eigenvalue weighted by atomic mass is 9.96. The third-order valence-electron chi connectivity index (χ3n) is 5.49. The number of carbonyl (C=O) groups excluding carboxylic acids is 2. The van der Waals surface area contributed by atoms with Crippen molar-refractivity contribution >= 4 is 28.9 Å². The van der Waals surface area contributed by atoms with Crippen molar-refractivity contribution in [2.24, 2.45) is 0 Å². The lowest BCUT2D eigenvalue weighted by Crippen LogP contribution is -2.44. The van der Waals surface area contributed by atoms with E-state index < -0.39 is 17.5 Å². The zero-order valence-electron chi connectivity index (χ0n) is 16.7. The molecular formula is C22H23N3O5. The molecule has 0 radical (unpaired) electrons. The summed E-state index contributed by atoms with van der Waals surface area (Å²) in [6.07, 6.45) is 3.67. The minimum Gasteiger partial charge on any atom is -0.452 e. The normalized spacial score (nSPS) is 17.8. The summed E-state index contributed by atoms with van der Waals surface area (Å²) in [5.74, 6) is -1.08. The van der Waals surface area contributed by atoms with Crippen molar-refractivity contribution < 1.29 is 19.2 Å². The van der Waals surface area contributed by atoms with Gasteiger partial charge in [-0.15, -0.1) is 0 Å². The summed E-state index contributed by atoms with van der Waals surface area (Å²) in [5.41, 5.74) is 2.17. The first-order chi connectivity index (χ1) is 14.4. The van der Waals surface area contributed by atoms with E-state index >= 15 is 0 Å². The van der Waals surface area contributed by atoms with Gasteiger partial charge in [0.1, 0.15) is 5.69 Å². The maximum Gasteiger partial charge on any atom is 0.338 e. The number of nitrogens with one attached hydrogen (secondary N) is 1. The molecule has 1 amide bonds. The lowest BCUT2D eigenvalue weighted by molar-refractivity contribution is -0.384. The molecule has 1 fully saturated rings. The predicted octanol–water partition coefficient (Wildman–Crippen LogP) is 3.69. The number of amides is 1. The van der Waals surface area contributed by atoms with Gasteiger partial charge in [-0.25, -0.2) is 4.79 Å². The highest BCUT2D eigenvalue weighted by molar-refractivity contribution is 5.98. The van der Waals surface area contributed by atoms with Gasteiger partial charge in [0.15, 0.2) is 6.61 Å². The van der Waals surface area contributed by atoms with Gasteiger partial charge in [-0.3, -0.25) is 14.9 Å². The zero-order chi connectivity index (χ0) is 21.3. The van der Waals surface area contributed by atoms with Gasteiger partial charge < -0.3 is 15.0 Å². The first kappa shape index (κ1) is 19.9. The van der Waals surface area contributed by atoms with E-state index in [1.54, 1.807) is 4.90 Å². The number of aryl methyl sites for hydroxylation is 1. The van der Waals surface area contributed by atoms with Crippen molar-refractivity contribution in [2.45, 2.75) is 44.7 Å². The van der Waals surface area contributed by atoms with Gasteiger partial charge in [-0.1, -0.05) is 18.2 Å². The molecule has 1 saturated carbocycles. The fourth-order valence-corrected chi connectivity index (χ4v) is 3.73. The third kappa shape index (κ3) is 4.12. The molecule has 1 unspecified atom stereocenters. The number of nitro benzene ring substituents is 1. The number of carbonyl (C=O) groups is 2. The molecular weight excluding hydrogens is 386 g/mol. The quantitative estimate of drug-likeness (QED) is 0.443. The molecule has 8 nitrogen and oxygen atoms in total. The summed E-state index contributed by atoms with van der Waals surface area (Å²) >= 11 is 0. The Kier molecular flexibility index (Phi) is 5.39. The second-order valence-corrected chi connectivity index (χ2v) is 7.76. The van der Waals surface area contributed by atoms with Crippen LogP contribution in [0.4, 0.5) is 17.1 Å². The molecule has 2 aromatic rings. The fraction of sp³-hybridized carbons (Fsp3) is 0.364. The van der Waals surface area contributed by atoms with Gasteiger partial charge in [-0.05, 0) is 56.4 Å². The molecule has 0 aromatic heterocycles. The summed E-state index contributed by atoms with van der Waals surface area (Å²) < 4.78 is 5.20. The molecule has 4 rings (SSSR count). The van der Waals surface area contributed by atoms with Crippen LogP contribution in [0, 0.1) is 10.1 Å². The van der Waals surface area contributed by atoms with Crippen LogP contribution < -0.4 is 10.2 Å². The Hall–Kier alpha value is -3.42. The minimum atomic E-state index is -0.762. The van der Waals surface area contributed by atoms with E-state index in [1.165, 1.54) is 18.2 Å². The van der Waals surface area contributed by atoms with Gasteiger partial charge in [-0.2, -0.15) is 0 Å². The third-order valence-corrected chi connectivity index (χ3v) is 5.49. The Morgan fingerprint density at radius 1 is 1.20 bits per heavy atom. The van der Waals surface area contributed by atoms with Crippen molar-refractivity contribution in [2.75, 3.05) is 16.8 Å². The van der Waals surface area contributed by atoms with Gasteiger partial charge in [0.05, 0.1) is 10.5 Å². The number of nitrogens with zero attached hydrogens (tertiary/aromatic N) is 2.